The molecule has 1 aliphatic carbocycles. The number of carbonyl (C=O) groups excluding carboxylic acids is 2. The Morgan fingerprint density at radius 2 is 1.92 bits per heavy atom. The van der Waals surface area contributed by atoms with Gasteiger partial charge in [0.1, 0.15) is 0 Å². The van der Waals surface area contributed by atoms with Crippen molar-refractivity contribution in [2.45, 2.75) is 38.8 Å². The van der Waals surface area contributed by atoms with Crippen LogP contribution >= 0.6 is 15.9 Å². The third-order valence-electron chi connectivity index (χ3n) is 4.41. The number of amides is 2. The Kier molecular flexibility index (Phi) is 6.48. The normalized spacial score (nSPS) is 20.8. The van der Waals surface area contributed by atoms with E-state index in [1.54, 1.807) is 12.1 Å². The van der Waals surface area contributed by atoms with E-state index in [1.165, 1.54) is 0 Å². The molecule has 1 aliphatic rings. The van der Waals surface area contributed by atoms with Gasteiger partial charge in [-0.25, -0.2) is 0 Å². The van der Waals surface area contributed by atoms with Crippen LogP contribution < -0.4 is 10.6 Å². The van der Waals surface area contributed by atoms with Gasteiger partial charge in [-0.15, -0.1) is 0 Å². The lowest BCUT2D eigenvalue weighted by atomic mass is 9.78. The molecule has 2 rings (SSSR count). The molecule has 8 heteroatoms. The van der Waals surface area contributed by atoms with Crippen LogP contribution in [0.5, 0.6) is 0 Å². The Hall–Kier alpha value is -1.57. The van der Waals surface area contributed by atoms with E-state index < -0.39 is 29.8 Å². The Labute approximate surface area is 152 Å². The van der Waals surface area contributed by atoms with E-state index in [-0.39, 0.29) is 19.4 Å². The van der Waals surface area contributed by atoms with Gasteiger partial charge in [-0.05, 0) is 43.5 Å². The smallest absolute Gasteiger partial charge is 0.347 e. The van der Waals surface area contributed by atoms with Gasteiger partial charge in [-0.3, -0.25) is 9.59 Å². The van der Waals surface area contributed by atoms with Gasteiger partial charge in [0.05, 0.1) is 12.5 Å². The molecule has 138 valence electrons. The van der Waals surface area contributed by atoms with E-state index in [0.29, 0.717) is 18.5 Å². The molecule has 2 unspecified atom stereocenters. The molecule has 1 aromatic carbocycles. The summed E-state index contributed by atoms with van der Waals surface area (Å²) in [6.45, 7) is 1.46. The molecule has 2 atom stereocenters. The third-order valence-corrected chi connectivity index (χ3v) is 4.90. The molecule has 0 bridgehead atoms. The Morgan fingerprint density at radius 1 is 1.24 bits per heavy atom. The van der Waals surface area contributed by atoms with Crippen LogP contribution in [0.15, 0.2) is 22.7 Å². The molecule has 2 N–H and O–H groups in total. The topological polar surface area (TPSA) is 58.2 Å². The standard InChI is InChI=1S/C17H20BrF3N2O2/c1-10-8-11(18)6-7-14(10)23-15(24)9-22-16(25)12-4-2-3-5-13(12)17(19,20)21/h6-8,12-13H,2-5,9H2,1H3,(H,22,25)(H,23,24). The second kappa shape index (κ2) is 8.21. The lowest BCUT2D eigenvalue weighted by Crippen LogP contribution is -2.44. The summed E-state index contributed by atoms with van der Waals surface area (Å²) in [5.41, 5.74) is 1.42. The van der Waals surface area contributed by atoms with Crippen molar-refractivity contribution < 1.29 is 22.8 Å². The molecule has 25 heavy (non-hydrogen) atoms. The molecule has 1 fully saturated rings. The number of carbonyl (C=O) groups is 2. The average Bonchev–Trinajstić information content (AvgIpc) is 2.54. The number of nitrogens with one attached hydrogen (secondary N) is 2. The minimum atomic E-state index is -4.39. The predicted octanol–water partition coefficient (Wildman–Crippen LogP) is 4.18. The van der Waals surface area contributed by atoms with Crippen molar-refractivity contribution in [2.75, 3.05) is 11.9 Å². The van der Waals surface area contributed by atoms with Crippen molar-refractivity contribution in [1.29, 1.82) is 0 Å². The largest absolute Gasteiger partial charge is 0.392 e. The first-order valence-electron chi connectivity index (χ1n) is 8.09. The van der Waals surface area contributed by atoms with Gasteiger partial charge < -0.3 is 10.6 Å². The minimum absolute atomic E-state index is 0.0358. The van der Waals surface area contributed by atoms with Gasteiger partial charge in [0.2, 0.25) is 11.8 Å². The van der Waals surface area contributed by atoms with Crippen LogP contribution in [0.2, 0.25) is 0 Å². The lowest BCUT2D eigenvalue weighted by molar-refractivity contribution is -0.198. The van der Waals surface area contributed by atoms with Crippen LogP contribution in [-0.4, -0.2) is 24.5 Å². The van der Waals surface area contributed by atoms with E-state index in [9.17, 15) is 22.8 Å². The summed E-state index contributed by atoms with van der Waals surface area (Å²) in [5, 5.41) is 4.99. The Bertz CT molecular complexity index is 649. The molecular weight excluding hydrogens is 401 g/mol. The molecular formula is C17H20BrF3N2O2. The van der Waals surface area contributed by atoms with Gasteiger partial charge in [0, 0.05) is 16.1 Å². The van der Waals surface area contributed by atoms with Crippen molar-refractivity contribution in [3.05, 3.63) is 28.2 Å². The van der Waals surface area contributed by atoms with E-state index in [4.69, 9.17) is 0 Å². The number of hydrogen-bond acceptors (Lipinski definition) is 2. The van der Waals surface area contributed by atoms with E-state index >= 15 is 0 Å². The van der Waals surface area contributed by atoms with Crippen LogP contribution in [0.4, 0.5) is 18.9 Å². The number of benzene rings is 1. The first-order valence-corrected chi connectivity index (χ1v) is 8.88. The highest BCUT2D eigenvalue weighted by atomic mass is 79.9. The fourth-order valence-corrected chi connectivity index (χ4v) is 3.57. The molecule has 0 heterocycles. The maximum atomic E-state index is 13.1. The summed E-state index contributed by atoms with van der Waals surface area (Å²) in [5.74, 6) is -3.92. The summed E-state index contributed by atoms with van der Waals surface area (Å²) in [4.78, 5) is 24.1. The quantitative estimate of drug-likeness (QED) is 0.767. The molecule has 0 saturated heterocycles. The van der Waals surface area contributed by atoms with Gasteiger partial charge in [-0.2, -0.15) is 13.2 Å². The van der Waals surface area contributed by atoms with Crippen LogP contribution in [0, 0.1) is 18.8 Å². The second-order valence-electron chi connectivity index (χ2n) is 6.26. The molecule has 0 aromatic heterocycles. The van der Waals surface area contributed by atoms with E-state index in [2.05, 4.69) is 26.6 Å². The fraction of sp³-hybridized carbons (Fsp3) is 0.529. The highest BCUT2D eigenvalue weighted by molar-refractivity contribution is 9.10. The fourth-order valence-electron chi connectivity index (χ4n) is 3.10. The zero-order valence-electron chi connectivity index (χ0n) is 13.8. The summed E-state index contributed by atoms with van der Waals surface area (Å²) in [6, 6.07) is 5.29. The van der Waals surface area contributed by atoms with E-state index in [1.807, 2.05) is 13.0 Å². The second-order valence-corrected chi connectivity index (χ2v) is 7.18. The van der Waals surface area contributed by atoms with E-state index in [0.717, 1.165) is 10.0 Å². The minimum Gasteiger partial charge on any atom is -0.347 e. The maximum Gasteiger partial charge on any atom is 0.392 e. The molecule has 4 nitrogen and oxygen atoms in total. The van der Waals surface area contributed by atoms with Crippen molar-refractivity contribution in [3.63, 3.8) is 0 Å². The highest BCUT2D eigenvalue weighted by Gasteiger charge is 2.47. The first kappa shape index (κ1) is 19.8. The molecule has 1 saturated carbocycles. The highest BCUT2D eigenvalue weighted by Crippen LogP contribution is 2.41. The van der Waals surface area contributed by atoms with Crippen molar-refractivity contribution >= 4 is 33.4 Å². The van der Waals surface area contributed by atoms with Gasteiger partial charge in [-0.1, -0.05) is 28.8 Å². The number of anilines is 1. The number of rotatable bonds is 4. The molecule has 0 aliphatic heterocycles. The number of hydrogen-bond donors (Lipinski definition) is 2. The van der Waals surface area contributed by atoms with Gasteiger partial charge in [0.15, 0.2) is 0 Å². The maximum absolute atomic E-state index is 13.1. The summed E-state index contributed by atoms with van der Waals surface area (Å²) in [6.07, 6.45) is -3.17. The van der Waals surface area contributed by atoms with Crippen LogP contribution in [-0.2, 0) is 9.59 Å². The number of halogens is 4. The van der Waals surface area contributed by atoms with Gasteiger partial charge in [0.25, 0.3) is 0 Å². The predicted molar refractivity (Wildman–Crippen MR) is 92.0 cm³/mol. The molecule has 1 aromatic rings. The molecule has 2 amide bonds. The zero-order chi connectivity index (χ0) is 18.6. The Morgan fingerprint density at radius 3 is 2.56 bits per heavy atom. The van der Waals surface area contributed by atoms with Crippen molar-refractivity contribution in [3.8, 4) is 0 Å². The van der Waals surface area contributed by atoms with Crippen molar-refractivity contribution in [1.82, 2.24) is 5.32 Å². The SMILES string of the molecule is Cc1cc(Br)ccc1NC(=O)CNC(=O)C1CCCCC1C(F)(F)F. The third kappa shape index (κ3) is 5.45. The lowest BCUT2D eigenvalue weighted by Gasteiger charge is -2.31. The zero-order valence-corrected chi connectivity index (χ0v) is 15.3. The number of aryl methyl sites for hydroxylation is 1. The summed E-state index contributed by atoms with van der Waals surface area (Å²) in [7, 11) is 0. The summed E-state index contributed by atoms with van der Waals surface area (Å²) >= 11 is 3.32. The summed E-state index contributed by atoms with van der Waals surface area (Å²) < 4.78 is 40.0. The van der Waals surface area contributed by atoms with Crippen molar-refractivity contribution in [2.24, 2.45) is 11.8 Å². The molecule has 0 spiro atoms. The molecule has 0 radical (unpaired) electrons. The monoisotopic (exact) mass is 420 g/mol. The van der Waals surface area contributed by atoms with Gasteiger partial charge >= 0.3 is 6.18 Å². The van der Waals surface area contributed by atoms with Crippen LogP contribution in [0.1, 0.15) is 31.2 Å². The first-order chi connectivity index (χ1) is 11.7. The Balaban J connectivity index is 1.91. The van der Waals surface area contributed by atoms with Crippen LogP contribution in [0.25, 0.3) is 0 Å². The number of alkyl halides is 3. The average molecular weight is 421 g/mol. The van der Waals surface area contributed by atoms with Crippen LogP contribution in [0.3, 0.4) is 0 Å².